The van der Waals surface area contributed by atoms with Crippen LogP contribution in [0.3, 0.4) is 0 Å². The average molecular weight is 194 g/mol. The fourth-order valence-corrected chi connectivity index (χ4v) is 1.31. The number of amides is 1. The molecule has 0 unspecified atom stereocenters. The highest BCUT2D eigenvalue weighted by Crippen LogP contribution is 2.28. The number of anilines is 1. The molecular formula is C9H10N2O3. The van der Waals surface area contributed by atoms with E-state index in [1.807, 2.05) is 0 Å². The second kappa shape index (κ2) is 3.87. The first-order valence-corrected chi connectivity index (χ1v) is 4.02. The van der Waals surface area contributed by atoms with Gasteiger partial charge in [0, 0.05) is 6.07 Å². The second-order valence-electron chi connectivity index (χ2n) is 2.92. The lowest BCUT2D eigenvalue weighted by Crippen LogP contribution is -2.02. The van der Waals surface area contributed by atoms with Crippen LogP contribution < -0.4 is 5.32 Å². The first-order valence-electron chi connectivity index (χ1n) is 4.02. The van der Waals surface area contributed by atoms with Crippen molar-refractivity contribution in [2.45, 2.75) is 13.8 Å². The molecule has 0 aliphatic carbocycles. The van der Waals surface area contributed by atoms with Crippen molar-refractivity contribution in [3.05, 3.63) is 33.4 Å². The van der Waals surface area contributed by atoms with Crippen molar-refractivity contribution in [2.24, 2.45) is 0 Å². The molecule has 0 aliphatic rings. The van der Waals surface area contributed by atoms with Crippen LogP contribution in [-0.4, -0.2) is 11.3 Å². The van der Waals surface area contributed by atoms with E-state index in [9.17, 15) is 14.9 Å². The highest BCUT2D eigenvalue weighted by Gasteiger charge is 2.14. The number of benzene rings is 1. The Morgan fingerprint density at radius 1 is 1.43 bits per heavy atom. The zero-order valence-electron chi connectivity index (χ0n) is 7.90. The van der Waals surface area contributed by atoms with Crippen molar-refractivity contribution >= 4 is 17.8 Å². The van der Waals surface area contributed by atoms with Crippen molar-refractivity contribution in [3.8, 4) is 0 Å². The van der Waals surface area contributed by atoms with Gasteiger partial charge in [-0.15, -0.1) is 0 Å². The van der Waals surface area contributed by atoms with Gasteiger partial charge in [-0.1, -0.05) is 6.07 Å². The Bertz CT molecular complexity index is 388. The molecule has 0 radical (unpaired) electrons. The van der Waals surface area contributed by atoms with Gasteiger partial charge in [0.05, 0.1) is 16.2 Å². The Labute approximate surface area is 80.9 Å². The van der Waals surface area contributed by atoms with Crippen LogP contribution in [0.1, 0.15) is 11.1 Å². The average Bonchev–Trinajstić information content (AvgIpc) is 2.11. The number of nitrogens with one attached hydrogen (secondary N) is 1. The van der Waals surface area contributed by atoms with E-state index in [1.54, 1.807) is 19.9 Å². The molecule has 74 valence electrons. The molecule has 0 spiro atoms. The maximum absolute atomic E-state index is 10.6. The predicted octanol–water partition coefficient (Wildman–Crippen LogP) is 1.78. The third-order valence-electron chi connectivity index (χ3n) is 2.04. The summed E-state index contributed by atoms with van der Waals surface area (Å²) in [6.07, 6.45) is 0.513. The Kier molecular flexibility index (Phi) is 2.81. The van der Waals surface area contributed by atoms with E-state index >= 15 is 0 Å². The summed E-state index contributed by atoms with van der Waals surface area (Å²) < 4.78 is 0. The molecule has 0 saturated carbocycles. The van der Waals surface area contributed by atoms with Gasteiger partial charge >= 0.3 is 0 Å². The number of hydrogen-bond acceptors (Lipinski definition) is 3. The third kappa shape index (κ3) is 1.71. The number of hydrogen-bond donors (Lipinski definition) is 1. The van der Waals surface area contributed by atoms with Gasteiger partial charge in [-0.2, -0.15) is 0 Å². The van der Waals surface area contributed by atoms with Gasteiger partial charge in [0.2, 0.25) is 6.41 Å². The summed E-state index contributed by atoms with van der Waals surface area (Å²) >= 11 is 0. The quantitative estimate of drug-likeness (QED) is 0.453. The molecule has 0 heterocycles. The van der Waals surface area contributed by atoms with Crippen LogP contribution in [0.15, 0.2) is 12.1 Å². The van der Waals surface area contributed by atoms with Crippen molar-refractivity contribution in [1.29, 1.82) is 0 Å². The molecule has 1 rings (SSSR count). The van der Waals surface area contributed by atoms with Gasteiger partial charge in [0.15, 0.2) is 0 Å². The summed E-state index contributed by atoms with van der Waals surface area (Å²) in [5.41, 5.74) is 1.80. The Morgan fingerprint density at radius 2 is 2.07 bits per heavy atom. The van der Waals surface area contributed by atoms with Gasteiger partial charge in [0.25, 0.3) is 5.69 Å². The third-order valence-corrected chi connectivity index (χ3v) is 2.04. The zero-order chi connectivity index (χ0) is 10.7. The van der Waals surface area contributed by atoms with Crippen LogP contribution in [0.5, 0.6) is 0 Å². The minimum absolute atomic E-state index is 0.0138. The highest BCUT2D eigenvalue weighted by atomic mass is 16.6. The minimum atomic E-state index is -0.468. The summed E-state index contributed by atoms with van der Waals surface area (Å²) in [5.74, 6) is 0. The van der Waals surface area contributed by atoms with E-state index in [0.717, 1.165) is 5.56 Å². The van der Waals surface area contributed by atoms with Crippen LogP contribution in [-0.2, 0) is 4.79 Å². The number of aryl methyl sites for hydroxylation is 1. The molecule has 0 aliphatic heterocycles. The fraction of sp³-hybridized carbons (Fsp3) is 0.222. The molecule has 0 bridgehead atoms. The van der Waals surface area contributed by atoms with E-state index in [2.05, 4.69) is 5.32 Å². The molecule has 0 atom stereocenters. The topological polar surface area (TPSA) is 72.2 Å². The van der Waals surface area contributed by atoms with Gasteiger partial charge in [0.1, 0.15) is 0 Å². The van der Waals surface area contributed by atoms with Gasteiger partial charge in [-0.25, -0.2) is 0 Å². The summed E-state index contributed by atoms with van der Waals surface area (Å²) in [4.78, 5) is 20.4. The molecule has 1 N–H and O–H groups in total. The van der Waals surface area contributed by atoms with Crippen molar-refractivity contribution in [3.63, 3.8) is 0 Å². The van der Waals surface area contributed by atoms with E-state index < -0.39 is 4.92 Å². The van der Waals surface area contributed by atoms with Crippen LogP contribution in [0, 0.1) is 24.0 Å². The molecule has 0 saturated heterocycles. The number of carbonyl (C=O) groups is 1. The van der Waals surface area contributed by atoms with Crippen molar-refractivity contribution < 1.29 is 9.72 Å². The Morgan fingerprint density at radius 3 is 2.57 bits per heavy atom. The van der Waals surface area contributed by atoms with Crippen LogP contribution in [0.25, 0.3) is 0 Å². The Hall–Kier alpha value is -1.91. The lowest BCUT2D eigenvalue weighted by molar-refractivity contribution is -0.385. The fourth-order valence-electron chi connectivity index (χ4n) is 1.31. The molecule has 0 aromatic heterocycles. The number of nitro groups is 1. The monoisotopic (exact) mass is 194 g/mol. The lowest BCUT2D eigenvalue weighted by atomic mass is 10.1. The van der Waals surface area contributed by atoms with E-state index in [1.165, 1.54) is 6.07 Å². The summed E-state index contributed by atoms with van der Waals surface area (Å²) in [5, 5.41) is 13.0. The maximum Gasteiger partial charge on any atom is 0.274 e. The summed E-state index contributed by atoms with van der Waals surface area (Å²) in [6, 6.07) is 3.04. The Balaban J connectivity index is 3.32. The van der Waals surface area contributed by atoms with Crippen molar-refractivity contribution in [2.75, 3.05) is 5.32 Å². The number of nitro benzene ring substituents is 1. The van der Waals surface area contributed by atoms with E-state index in [4.69, 9.17) is 0 Å². The molecule has 1 aromatic rings. The summed E-state index contributed by atoms with van der Waals surface area (Å²) in [6.45, 7) is 3.39. The molecule has 5 nitrogen and oxygen atoms in total. The van der Waals surface area contributed by atoms with Gasteiger partial charge in [-0.05, 0) is 19.4 Å². The van der Waals surface area contributed by atoms with E-state index in [-0.39, 0.29) is 5.69 Å². The number of carbonyl (C=O) groups excluding carboxylic acids is 1. The molecule has 0 fully saturated rings. The molecule has 5 heteroatoms. The van der Waals surface area contributed by atoms with E-state index in [0.29, 0.717) is 17.7 Å². The number of nitrogens with zero attached hydrogens (tertiary/aromatic N) is 1. The SMILES string of the molecule is Cc1ccc([N+](=O)[O-])c(C)c1NC=O. The largest absolute Gasteiger partial charge is 0.328 e. The van der Waals surface area contributed by atoms with Gasteiger partial charge < -0.3 is 5.32 Å². The van der Waals surface area contributed by atoms with Crippen LogP contribution >= 0.6 is 0 Å². The van der Waals surface area contributed by atoms with Crippen LogP contribution in [0.4, 0.5) is 11.4 Å². The molecular weight excluding hydrogens is 184 g/mol. The first-order chi connectivity index (χ1) is 6.57. The van der Waals surface area contributed by atoms with Gasteiger partial charge in [-0.3, -0.25) is 14.9 Å². The molecule has 1 amide bonds. The van der Waals surface area contributed by atoms with Crippen LogP contribution in [0.2, 0.25) is 0 Å². The zero-order valence-corrected chi connectivity index (χ0v) is 7.90. The summed E-state index contributed by atoms with van der Waals surface area (Å²) in [7, 11) is 0. The molecule has 1 aromatic carbocycles. The normalized spacial score (nSPS) is 9.57. The minimum Gasteiger partial charge on any atom is -0.328 e. The standard InChI is InChI=1S/C9H10N2O3/c1-6-3-4-8(11(13)14)7(2)9(6)10-5-12/h3-5H,1-2H3,(H,10,12). The smallest absolute Gasteiger partial charge is 0.274 e. The lowest BCUT2D eigenvalue weighted by Gasteiger charge is -2.07. The second-order valence-corrected chi connectivity index (χ2v) is 2.92. The van der Waals surface area contributed by atoms with Crippen molar-refractivity contribution in [1.82, 2.24) is 0 Å². The molecule has 14 heavy (non-hydrogen) atoms. The predicted molar refractivity (Wildman–Crippen MR) is 52.3 cm³/mol. The maximum atomic E-state index is 10.6. The first kappa shape index (κ1) is 10.2. The highest BCUT2D eigenvalue weighted by molar-refractivity contribution is 5.78. The number of rotatable bonds is 3.